The van der Waals surface area contributed by atoms with Crippen molar-refractivity contribution in [3.8, 4) is 5.75 Å². The molecule has 0 saturated carbocycles. The number of sulfone groups is 1. The monoisotopic (exact) mass is 268 g/mol. The van der Waals surface area contributed by atoms with Crippen molar-refractivity contribution in [1.82, 2.24) is 0 Å². The number of benzene rings is 2. The summed E-state index contributed by atoms with van der Waals surface area (Å²) in [5, 5.41) is 9.26. The van der Waals surface area contributed by atoms with E-state index in [1.807, 2.05) is 0 Å². The molecule has 0 aromatic heterocycles. The van der Waals surface area contributed by atoms with Crippen LogP contribution < -0.4 is 0 Å². The third-order valence-electron chi connectivity index (χ3n) is 2.29. The van der Waals surface area contributed by atoms with E-state index in [9.17, 15) is 13.5 Å². The van der Waals surface area contributed by atoms with Gasteiger partial charge < -0.3 is 5.11 Å². The maximum Gasteiger partial charge on any atom is 0.208 e. The molecule has 1 N–H and O–H groups in total. The molecular weight excluding hydrogens is 260 g/mol. The third-order valence-corrected chi connectivity index (χ3v) is 4.61. The van der Waals surface area contributed by atoms with Crippen LogP contribution in [0.3, 0.4) is 0 Å². The maximum atomic E-state index is 12.2. The van der Waals surface area contributed by atoms with Gasteiger partial charge in [-0.25, -0.2) is 8.42 Å². The van der Waals surface area contributed by atoms with Crippen LogP contribution in [0.1, 0.15) is 0 Å². The van der Waals surface area contributed by atoms with Gasteiger partial charge in [-0.15, -0.1) is 0 Å². The molecule has 0 aliphatic heterocycles. The van der Waals surface area contributed by atoms with Gasteiger partial charge in [0, 0.05) is 0 Å². The molecule has 0 atom stereocenters. The summed E-state index contributed by atoms with van der Waals surface area (Å²) in [6.45, 7) is 0. The highest BCUT2D eigenvalue weighted by Crippen LogP contribution is 2.33. The summed E-state index contributed by atoms with van der Waals surface area (Å²) in [5.41, 5.74) is 0. The second-order valence-corrected chi connectivity index (χ2v) is 5.70. The molecule has 0 aliphatic carbocycles. The Morgan fingerprint density at radius 1 is 0.941 bits per heavy atom. The minimum Gasteiger partial charge on any atom is -0.506 e. The highest BCUT2D eigenvalue weighted by atomic mass is 35.5. The Kier molecular flexibility index (Phi) is 3.09. The van der Waals surface area contributed by atoms with Crippen molar-refractivity contribution in [2.24, 2.45) is 0 Å². The van der Waals surface area contributed by atoms with Gasteiger partial charge in [-0.05, 0) is 24.3 Å². The van der Waals surface area contributed by atoms with Gasteiger partial charge in [0.1, 0.15) is 10.8 Å². The molecule has 0 saturated heterocycles. The van der Waals surface area contributed by atoms with E-state index in [2.05, 4.69) is 0 Å². The quantitative estimate of drug-likeness (QED) is 0.911. The second-order valence-electron chi connectivity index (χ2n) is 3.41. The Balaban J connectivity index is 2.65. The molecule has 2 aromatic rings. The van der Waals surface area contributed by atoms with Crippen LogP contribution >= 0.6 is 11.6 Å². The summed E-state index contributed by atoms with van der Waals surface area (Å²) < 4.78 is 24.4. The van der Waals surface area contributed by atoms with Crippen LogP contribution in [0, 0.1) is 0 Å². The summed E-state index contributed by atoms with van der Waals surface area (Å²) in [5.74, 6) is -0.247. The highest BCUT2D eigenvalue weighted by molar-refractivity contribution is 7.91. The van der Waals surface area contributed by atoms with Crippen LogP contribution in [-0.2, 0) is 9.84 Å². The lowest BCUT2D eigenvalue weighted by Crippen LogP contribution is -2.02. The number of halogens is 1. The first-order chi connectivity index (χ1) is 8.03. The lowest BCUT2D eigenvalue weighted by atomic mass is 10.3. The first-order valence-corrected chi connectivity index (χ1v) is 6.67. The van der Waals surface area contributed by atoms with Crippen LogP contribution in [0.2, 0.25) is 5.02 Å². The zero-order valence-corrected chi connectivity index (χ0v) is 10.2. The summed E-state index contributed by atoms with van der Waals surface area (Å²) in [4.78, 5) is 0.0536. The first-order valence-electron chi connectivity index (χ1n) is 4.81. The SMILES string of the molecule is O=S(=O)(c1ccccc1)c1cccc(O)c1Cl. The van der Waals surface area contributed by atoms with E-state index < -0.39 is 9.84 Å². The Morgan fingerprint density at radius 2 is 1.59 bits per heavy atom. The maximum absolute atomic E-state index is 12.2. The number of rotatable bonds is 2. The molecule has 0 fully saturated rings. The van der Waals surface area contributed by atoms with Crippen LogP contribution in [0.25, 0.3) is 0 Å². The molecule has 0 heterocycles. The van der Waals surface area contributed by atoms with Crippen molar-refractivity contribution >= 4 is 21.4 Å². The Bertz CT molecular complexity index is 636. The molecule has 0 unspecified atom stereocenters. The third kappa shape index (κ3) is 2.14. The topological polar surface area (TPSA) is 54.4 Å². The van der Waals surface area contributed by atoms with Gasteiger partial charge in [-0.3, -0.25) is 0 Å². The van der Waals surface area contributed by atoms with E-state index in [1.54, 1.807) is 18.2 Å². The second kappa shape index (κ2) is 4.39. The van der Waals surface area contributed by atoms with Crippen molar-refractivity contribution in [2.45, 2.75) is 9.79 Å². The number of phenols is 1. The van der Waals surface area contributed by atoms with Crippen molar-refractivity contribution in [2.75, 3.05) is 0 Å². The zero-order valence-electron chi connectivity index (χ0n) is 8.67. The van der Waals surface area contributed by atoms with Crippen molar-refractivity contribution in [3.05, 3.63) is 53.6 Å². The molecule has 88 valence electrons. The molecule has 0 spiro atoms. The van der Waals surface area contributed by atoms with Crippen molar-refractivity contribution in [3.63, 3.8) is 0 Å². The van der Waals surface area contributed by atoms with E-state index in [4.69, 9.17) is 11.6 Å². The Hall–Kier alpha value is -1.52. The highest BCUT2D eigenvalue weighted by Gasteiger charge is 2.21. The van der Waals surface area contributed by atoms with E-state index in [1.165, 1.54) is 30.3 Å². The fourth-order valence-electron chi connectivity index (χ4n) is 1.43. The predicted molar refractivity (Wildman–Crippen MR) is 65.0 cm³/mol. The lowest BCUT2D eigenvalue weighted by Gasteiger charge is -2.07. The average Bonchev–Trinajstić information content (AvgIpc) is 2.33. The first kappa shape index (κ1) is 12.0. The van der Waals surface area contributed by atoms with Crippen molar-refractivity contribution in [1.29, 1.82) is 0 Å². The van der Waals surface area contributed by atoms with Crippen LogP contribution in [0.4, 0.5) is 0 Å². The molecule has 0 aliphatic rings. The van der Waals surface area contributed by atoms with E-state index in [0.29, 0.717) is 0 Å². The fraction of sp³-hybridized carbons (Fsp3) is 0. The Morgan fingerprint density at radius 3 is 2.24 bits per heavy atom. The summed E-state index contributed by atoms with van der Waals surface area (Å²) >= 11 is 5.80. The molecule has 2 aromatic carbocycles. The molecule has 3 nitrogen and oxygen atoms in total. The molecule has 17 heavy (non-hydrogen) atoms. The lowest BCUT2D eigenvalue weighted by molar-refractivity contribution is 0.473. The van der Waals surface area contributed by atoms with Crippen LogP contribution in [-0.4, -0.2) is 13.5 Å². The van der Waals surface area contributed by atoms with Gasteiger partial charge in [0.15, 0.2) is 0 Å². The molecular formula is C12H9ClO3S. The van der Waals surface area contributed by atoms with Crippen LogP contribution in [0.5, 0.6) is 5.75 Å². The molecule has 2 rings (SSSR count). The minimum atomic E-state index is -3.68. The summed E-state index contributed by atoms with van der Waals surface area (Å²) in [6, 6.07) is 12.1. The van der Waals surface area contributed by atoms with Gasteiger partial charge >= 0.3 is 0 Å². The number of hydrogen-bond donors (Lipinski definition) is 1. The van der Waals surface area contributed by atoms with Crippen molar-refractivity contribution < 1.29 is 13.5 Å². The summed E-state index contributed by atoms with van der Waals surface area (Å²) in [6.07, 6.45) is 0. The average molecular weight is 269 g/mol. The zero-order chi connectivity index (χ0) is 12.5. The molecule has 0 radical (unpaired) electrons. The normalized spacial score (nSPS) is 11.4. The fourth-order valence-corrected chi connectivity index (χ4v) is 3.23. The molecule has 5 heteroatoms. The van der Waals surface area contributed by atoms with Gasteiger partial charge in [-0.2, -0.15) is 0 Å². The Labute approximate surface area is 104 Å². The minimum absolute atomic E-state index is 0.0923. The van der Waals surface area contributed by atoms with E-state index in [0.717, 1.165) is 0 Å². The van der Waals surface area contributed by atoms with E-state index in [-0.39, 0.29) is 20.6 Å². The van der Waals surface area contributed by atoms with Crippen LogP contribution in [0.15, 0.2) is 58.3 Å². The van der Waals surface area contributed by atoms with Gasteiger partial charge in [0.2, 0.25) is 9.84 Å². The van der Waals surface area contributed by atoms with Gasteiger partial charge in [0.25, 0.3) is 0 Å². The number of hydrogen-bond acceptors (Lipinski definition) is 3. The molecule has 0 bridgehead atoms. The largest absolute Gasteiger partial charge is 0.506 e. The molecule has 0 amide bonds. The standard InChI is InChI=1S/C12H9ClO3S/c13-12-10(14)7-4-8-11(12)17(15,16)9-5-2-1-3-6-9/h1-8,14H. The number of phenolic OH excluding ortho intramolecular Hbond substituents is 1. The predicted octanol–water partition coefficient (Wildman–Crippen LogP) is 2.88. The van der Waals surface area contributed by atoms with Gasteiger partial charge in [0.05, 0.1) is 9.79 Å². The summed E-state index contributed by atoms with van der Waals surface area (Å²) in [7, 11) is -3.68. The van der Waals surface area contributed by atoms with E-state index >= 15 is 0 Å². The number of aromatic hydroxyl groups is 1. The van der Waals surface area contributed by atoms with Gasteiger partial charge in [-0.1, -0.05) is 35.9 Å². The smallest absolute Gasteiger partial charge is 0.208 e.